The number of sulfonamides is 1. The third-order valence-corrected chi connectivity index (χ3v) is 5.90. The third kappa shape index (κ3) is 4.18. The lowest BCUT2D eigenvalue weighted by atomic mass is 10.2. The summed E-state index contributed by atoms with van der Waals surface area (Å²) >= 11 is 9.08. The van der Waals surface area contributed by atoms with E-state index in [0.29, 0.717) is 28.3 Å². The van der Waals surface area contributed by atoms with Crippen molar-refractivity contribution < 1.29 is 8.42 Å². The van der Waals surface area contributed by atoms with Gasteiger partial charge in [0.1, 0.15) is 0 Å². The van der Waals surface area contributed by atoms with Gasteiger partial charge in [-0.15, -0.1) is 11.6 Å². The fraction of sp³-hybridized carbons (Fsp3) is 0.538. The van der Waals surface area contributed by atoms with E-state index in [9.17, 15) is 8.42 Å². The van der Waals surface area contributed by atoms with Crippen molar-refractivity contribution in [3.63, 3.8) is 0 Å². The maximum absolute atomic E-state index is 12.6. The van der Waals surface area contributed by atoms with Crippen molar-refractivity contribution in [2.24, 2.45) is 0 Å². The normalized spacial score (nSPS) is 12.1. The Kier molecular flexibility index (Phi) is 6.80. The fourth-order valence-corrected chi connectivity index (χ4v) is 4.70. The molecule has 0 saturated carbocycles. The number of nitrogens with zero attached hydrogens (tertiary/aromatic N) is 1. The Balaban J connectivity index is 3.17. The number of hydrogen-bond donors (Lipinski definition) is 0. The van der Waals surface area contributed by atoms with Crippen LogP contribution in [0.4, 0.5) is 0 Å². The summed E-state index contributed by atoms with van der Waals surface area (Å²) in [6, 6.07) is 5.13. The van der Waals surface area contributed by atoms with E-state index in [1.54, 1.807) is 18.2 Å². The zero-order chi connectivity index (χ0) is 14.5. The van der Waals surface area contributed by atoms with E-state index in [-0.39, 0.29) is 0 Å². The molecule has 0 aliphatic heterocycles. The molecule has 0 N–H and O–H groups in total. The van der Waals surface area contributed by atoms with Gasteiger partial charge >= 0.3 is 0 Å². The number of alkyl halides is 1. The van der Waals surface area contributed by atoms with Crippen LogP contribution >= 0.6 is 27.5 Å². The highest BCUT2D eigenvalue weighted by molar-refractivity contribution is 9.10. The van der Waals surface area contributed by atoms with Crippen molar-refractivity contribution >= 4 is 37.6 Å². The second kappa shape index (κ2) is 7.62. The molecule has 0 atom stereocenters. The van der Waals surface area contributed by atoms with Crippen LogP contribution in [-0.2, 0) is 15.9 Å². The first-order valence-corrected chi connectivity index (χ1v) is 9.08. The van der Waals surface area contributed by atoms with E-state index in [0.717, 1.165) is 18.4 Å². The van der Waals surface area contributed by atoms with Gasteiger partial charge in [-0.25, -0.2) is 8.42 Å². The Labute approximate surface area is 129 Å². The van der Waals surface area contributed by atoms with Gasteiger partial charge in [0.15, 0.2) is 0 Å². The molecule has 0 bridgehead atoms. The average molecular weight is 369 g/mol. The number of rotatable bonds is 7. The lowest BCUT2D eigenvalue weighted by Crippen LogP contribution is -2.32. The van der Waals surface area contributed by atoms with Gasteiger partial charge in [-0.2, -0.15) is 4.31 Å². The Morgan fingerprint density at radius 3 is 2.21 bits per heavy atom. The molecule has 1 aromatic rings. The first kappa shape index (κ1) is 17.0. The molecule has 3 nitrogen and oxygen atoms in total. The summed E-state index contributed by atoms with van der Waals surface area (Å²) in [5.74, 6) is 0.368. The molecule has 0 amide bonds. The largest absolute Gasteiger partial charge is 0.244 e. The lowest BCUT2D eigenvalue weighted by Gasteiger charge is -2.21. The molecule has 0 heterocycles. The van der Waals surface area contributed by atoms with Crippen molar-refractivity contribution in [3.05, 3.63) is 28.2 Å². The predicted octanol–water partition coefficient (Wildman–Crippen LogP) is 4.00. The van der Waals surface area contributed by atoms with Gasteiger partial charge in [0, 0.05) is 23.4 Å². The minimum absolute atomic E-state index is 0.309. The van der Waals surface area contributed by atoms with Crippen LogP contribution < -0.4 is 0 Å². The summed E-state index contributed by atoms with van der Waals surface area (Å²) in [7, 11) is -3.44. The maximum Gasteiger partial charge on any atom is 0.244 e. The Hall–Kier alpha value is -0.100. The van der Waals surface area contributed by atoms with Crippen molar-refractivity contribution in [2.45, 2.75) is 37.5 Å². The molecule has 19 heavy (non-hydrogen) atoms. The van der Waals surface area contributed by atoms with E-state index in [1.807, 2.05) is 13.8 Å². The van der Waals surface area contributed by atoms with Gasteiger partial charge in [-0.05, 0) is 46.5 Å². The van der Waals surface area contributed by atoms with Crippen LogP contribution in [0.15, 0.2) is 27.6 Å². The molecule has 6 heteroatoms. The number of halogens is 2. The summed E-state index contributed by atoms with van der Waals surface area (Å²) in [6.45, 7) is 5.04. The summed E-state index contributed by atoms with van der Waals surface area (Å²) in [5.41, 5.74) is 0.894. The molecule has 0 aromatic heterocycles. The topological polar surface area (TPSA) is 37.4 Å². The standard InChI is InChI=1S/C13H19BrClNO2S/c1-3-7-16(8-4-2)19(17,18)13-6-5-11(10-15)9-12(13)14/h5-6,9H,3-4,7-8,10H2,1-2H3. The second-order valence-corrected chi connectivity index (χ2v) is 7.33. The quantitative estimate of drug-likeness (QED) is 0.682. The monoisotopic (exact) mass is 367 g/mol. The highest BCUT2D eigenvalue weighted by atomic mass is 79.9. The average Bonchev–Trinajstić information content (AvgIpc) is 2.38. The molecule has 0 unspecified atom stereocenters. The highest BCUT2D eigenvalue weighted by Gasteiger charge is 2.25. The van der Waals surface area contributed by atoms with Crippen LogP contribution in [0, 0.1) is 0 Å². The van der Waals surface area contributed by atoms with E-state index in [1.165, 1.54) is 4.31 Å². The molecule has 1 rings (SSSR count). The summed E-state index contributed by atoms with van der Waals surface area (Å²) in [6.07, 6.45) is 1.60. The molecule has 1 aromatic carbocycles. The van der Waals surface area contributed by atoms with Crippen LogP contribution in [0.3, 0.4) is 0 Å². The van der Waals surface area contributed by atoms with Gasteiger partial charge in [-0.1, -0.05) is 19.9 Å². The first-order chi connectivity index (χ1) is 8.97. The molecule has 0 radical (unpaired) electrons. The summed E-state index contributed by atoms with van der Waals surface area (Å²) < 4.78 is 27.3. The SMILES string of the molecule is CCCN(CCC)S(=O)(=O)c1ccc(CCl)cc1Br. The van der Waals surface area contributed by atoms with Crippen molar-refractivity contribution in [1.82, 2.24) is 4.31 Å². The highest BCUT2D eigenvalue weighted by Crippen LogP contribution is 2.27. The van der Waals surface area contributed by atoms with Gasteiger partial charge in [0.05, 0.1) is 4.90 Å². The summed E-state index contributed by atoms with van der Waals surface area (Å²) in [5, 5.41) is 0. The number of benzene rings is 1. The lowest BCUT2D eigenvalue weighted by molar-refractivity contribution is 0.409. The van der Waals surface area contributed by atoms with Crippen LogP contribution in [0.2, 0.25) is 0 Å². The molecular formula is C13H19BrClNO2S. The molecule has 108 valence electrons. The third-order valence-electron chi connectivity index (χ3n) is 2.71. The minimum Gasteiger partial charge on any atom is -0.207 e. The Morgan fingerprint density at radius 1 is 1.21 bits per heavy atom. The Bertz CT molecular complexity index is 513. The van der Waals surface area contributed by atoms with Gasteiger partial charge in [-0.3, -0.25) is 0 Å². The van der Waals surface area contributed by atoms with E-state index < -0.39 is 10.0 Å². The molecule has 0 spiro atoms. The van der Waals surface area contributed by atoms with Gasteiger partial charge in [0.25, 0.3) is 0 Å². The zero-order valence-corrected chi connectivity index (χ0v) is 14.4. The zero-order valence-electron chi connectivity index (χ0n) is 11.2. The van der Waals surface area contributed by atoms with E-state index in [4.69, 9.17) is 11.6 Å². The van der Waals surface area contributed by atoms with Crippen LogP contribution in [0.1, 0.15) is 32.3 Å². The van der Waals surface area contributed by atoms with Crippen molar-refractivity contribution in [3.8, 4) is 0 Å². The van der Waals surface area contributed by atoms with Crippen LogP contribution in [0.25, 0.3) is 0 Å². The smallest absolute Gasteiger partial charge is 0.207 e. The second-order valence-electron chi connectivity index (χ2n) is 4.30. The summed E-state index contributed by atoms with van der Waals surface area (Å²) in [4.78, 5) is 0.309. The molecule has 0 aliphatic rings. The van der Waals surface area contributed by atoms with E-state index >= 15 is 0 Å². The fourth-order valence-electron chi connectivity index (χ4n) is 1.83. The number of hydrogen-bond acceptors (Lipinski definition) is 2. The van der Waals surface area contributed by atoms with Crippen LogP contribution in [0.5, 0.6) is 0 Å². The molecule has 0 fully saturated rings. The predicted molar refractivity (Wildman–Crippen MR) is 83.0 cm³/mol. The van der Waals surface area contributed by atoms with Gasteiger partial charge < -0.3 is 0 Å². The minimum atomic E-state index is -3.44. The molecular weight excluding hydrogens is 350 g/mol. The van der Waals surface area contributed by atoms with Crippen LogP contribution in [-0.4, -0.2) is 25.8 Å². The van der Waals surface area contributed by atoms with Gasteiger partial charge in [0.2, 0.25) is 10.0 Å². The van der Waals surface area contributed by atoms with E-state index in [2.05, 4.69) is 15.9 Å². The van der Waals surface area contributed by atoms with Crippen molar-refractivity contribution in [1.29, 1.82) is 0 Å². The first-order valence-electron chi connectivity index (χ1n) is 6.31. The molecule has 0 saturated heterocycles. The molecule has 0 aliphatic carbocycles. The maximum atomic E-state index is 12.6. The Morgan fingerprint density at radius 2 is 1.79 bits per heavy atom. The van der Waals surface area contributed by atoms with Crippen molar-refractivity contribution in [2.75, 3.05) is 13.1 Å².